The summed E-state index contributed by atoms with van der Waals surface area (Å²) in [6.45, 7) is 12.0. The van der Waals surface area contributed by atoms with Crippen LogP contribution in [0.3, 0.4) is 0 Å². The summed E-state index contributed by atoms with van der Waals surface area (Å²) in [4.78, 5) is 39.6. The smallest absolute Gasteiger partial charge is 0.312 e. The Labute approximate surface area is 170 Å². The van der Waals surface area contributed by atoms with Gasteiger partial charge in [0.1, 0.15) is 6.61 Å². The molecule has 28 heavy (non-hydrogen) atoms. The number of carbonyl (C=O) groups is 3. The van der Waals surface area contributed by atoms with E-state index in [1.54, 1.807) is 20.8 Å². The molecule has 0 aromatic heterocycles. The first-order valence-corrected chi connectivity index (χ1v) is 9.63. The number of carbonyl (C=O) groups excluding carboxylic acids is 3. The van der Waals surface area contributed by atoms with Crippen LogP contribution in [0, 0.1) is 22.2 Å². The van der Waals surface area contributed by atoms with Gasteiger partial charge in [-0.3, -0.25) is 14.4 Å². The molecule has 7 heteroatoms. The van der Waals surface area contributed by atoms with Crippen LogP contribution in [0.4, 0.5) is 0 Å². The van der Waals surface area contributed by atoms with Crippen molar-refractivity contribution in [2.75, 3.05) is 41.5 Å². The molecule has 7 nitrogen and oxygen atoms in total. The molecule has 0 rings (SSSR count). The topological polar surface area (TPSA) is 82.1 Å². The Hall–Kier alpha value is -1.63. The highest BCUT2D eigenvalue weighted by Crippen LogP contribution is 2.49. The normalized spacial score (nSPS) is 17.2. The van der Waals surface area contributed by atoms with E-state index < -0.39 is 34.1 Å². The van der Waals surface area contributed by atoms with Crippen molar-refractivity contribution in [3.63, 3.8) is 0 Å². The third-order valence-corrected chi connectivity index (χ3v) is 5.66. The SMILES string of the molecule is COC(=O)C(C)(CC(C)C(=O)OCCN(C)C)CC(C)(C(=O)OC)C(C)(C)C. The van der Waals surface area contributed by atoms with E-state index in [9.17, 15) is 14.4 Å². The molecule has 0 N–H and O–H groups in total. The van der Waals surface area contributed by atoms with Crippen molar-refractivity contribution in [3.05, 3.63) is 0 Å². The Kier molecular flexibility index (Phi) is 9.64. The summed E-state index contributed by atoms with van der Waals surface area (Å²) in [7, 11) is 6.44. The second-order valence-corrected chi connectivity index (χ2v) is 9.38. The van der Waals surface area contributed by atoms with E-state index in [4.69, 9.17) is 14.2 Å². The molecule has 0 bridgehead atoms. The predicted molar refractivity (Wildman–Crippen MR) is 108 cm³/mol. The highest BCUT2D eigenvalue weighted by atomic mass is 16.5. The van der Waals surface area contributed by atoms with Crippen molar-refractivity contribution in [2.45, 2.75) is 54.4 Å². The molecule has 0 saturated heterocycles. The van der Waals surface area contributed by atoms with Gasteiger partial charge in [0.25, 0.3) is 0 Å². The summed E-state index contributed by atoms with van der Waals surface area (Å²) in [5, 5.41) is 0. The van der Waals surface area contributed by atoms with Gasteiger partial charge in [0.2, 0.25) is 0 Å². The summed E-state index contributed by atoms with van der Waals surface area (Å²) in [6, 6.07) is 0. The molecular formula is C21H39NO6. The van der Waals surface area contributed by atoms with Crippen LogP contribution >= 0.6 is 0 Å². The van der Waals surface area contributed by atoms with Gasteiger partial charge in [0, 0.05) is 6.54 Å². The lowest BCUT2D eigenvalue weighted by Crippen LogP contribution is -2.48. The van der Waals surface area contributed by atoms with Gasteiger partial charge in [-0.15, -0.1) is 0 Å². The van der Waals surface area contributed by atoms with Crippen LogP contribution in [0.5, 0.6) is 0 Å². The largest absolute Gasteiger partial charge is 0.469 e. The first kappa shape index (κ1) is 26.4. The Morgan fingerprint density at radius 3 is 1.82 bits per heavy atom. The number of hydrogen-bond donors (Lipinski definition) is 0. The van der Waals surface area contributed by atoms with Crippen molar-refractivity contribution in [1.82, 2.24) is 4.90 Å². The molecule has 0 fully saturated rings. The quantitative estimate of drug-likeness (QED) is 0.411. The summed E-state index contributed by atoms with van der Waals surface area (Å²) in [5.74, 6) is -1.74. The lowest BCUT2D eigenvalue weighted by atomic mass is 9.59. The minimum Gasteiger partial charge on any atom is -0.469 e. The number of nitrogens with zero attached hydrogens (tertiary/aromatic N) is 1. The minimum atomic E-state index is -1.05. The zero-order valence-corrected chi connectivity index (χ0v) is 19.3. The molecule has 0 aliphatic carbocycles. The number of ether oxygens (including phenoxy) is 3. The fourth-order valence-electron chi connectivity index (χ4n) is 3.35. The Balaban J connectivity index is 5.61. The molecule has 0 aromatic rings. The van der Waals surface area contributed by atoms with Gasteiger partial charge in [-0.2, -0.15) is 0 Å². The number of likely N-dealkylation sites (N-methyl/N-ethyl adjacent to an activating group) is 1. The molecule has 0 radical (unpaired) electrons. The van der Waals surface area contributed by atoms with Gasteiger partial charge in [-0.25, -0.2) is 0 Å². The van der Waals surface area contributed by atoms with Crippen molar-refractivity contribution in [2.24, 2.45) is 22.2 Å². The average molecular weight is 402 g/mol. The Bertz CT molecular complexity index is 554. The standard InChI is InChI=1S/C21H39NO6/c1-15(16(23)28-12-11-22(7)8)13-20(5,17(24)26-9)14-21(6,18(25)27-10)19(2,3)4/h15H,11-14H2,1-10H3. The van der Waals surface area contributed by atoms with Crippen LogP contribution in [-0.2, 0) is 28.6 Å². The van der Waals surface area contributed by atoms with E-state index in [1.165, 1.54) is 14.2 Å². The number of hydrogen-bond acceptors (Lipinski definition) is 7. The molecule has 164 valence electrons. The number of rotatable bonds is 10. The van der Waals surface area contributed by atoms with Gasteiger partial charge in [0.15, 0.2) is 0 Å². The van der Waals surface area contributed by atoms with Gasteiger partial charge >= 0.3 is 17.9 Å². The van der Waals surface area contributed by atoms with Crippen LogP contribution in [0.1, 0.15) is 54.4 Å². The highest BCUT2D eigenvalue weighted by molar-refractivity contribution is 5.82. The summed E-state index contributed by atoms with van der Waals surface area (Å²) in [5.41, 5.74) is -2.46. The van der Waals surface area contributed by atoms with Gasteiger partial charge in [0.05, 0.1) is 31.0 Å². The third kappa shape index (κ3) is 6.76. The van der Waals surface area contributed by atoms with Gasteiger partial charge < -0.3 is 19.1 Å². The Morgan fingerprint density at radius 2 is 1.43 bits per heavy atom. The Morgan fingerprint density at radius 1 is 0.929 bits per heavy atom. The van der Waals surface area contributed by atoms with Crippen LogP contribution in [0.25, 0.3) is 0 Å². The zero-order chi connectivity index (χ0) is 22.3. The second kappa shape index (κ2) is 10.2. The number of methoxy groups -OCH3 is 2. The van der Waals surface area contributed by atoms with Crippen LogP contribution in [-0.4, -0.2) is 64.3 Å². The molecule has 0 aliphatic heterocycles. The van der Waals surface area contributed by atoms with E-state index in [0.29, 0.717) is 6.54 Å². The van der Waals surface area contributed by atoms with Crippen LogP contribution in [0.15, 0.2) is 0 Å². The van der Waals surface area contributed by atoms with E-state index in [0.717, 1.165) is 0 Å². The molecule has 0 saturated carbocycles. The van der Waals surface area contributed by atoms with Gasteiger partial charge in [-0.1, -0.05) is 27.7 Å². The summed E-state index contributed by atoms with van der Waals surface area (Å²) >= 11 is 0. The highest BCUT2D eigenvalue weighted by Gasteiger charge is 2.52. The van der Waals surface area contributed by atoms with E-state index >= 15 is 0 Å². The third-order valence-electron chi connectivity index (χ3n) is 5.66. The summed E-state index contributed by atoms with van der Waals surface area (Å²) in [6.07, 6.45) is 0.404. The fourth-order valence-corrected chi connectivity index (χ4v) is 3.35. The zero-order valence-electron chi connectivity index (χ0n) is 19.3. The van der Waals surface area contributed by atoms with Crippen LogP contribution in [0.2, 0.25) is 0 Å². The minimum absolute atomic E-state index is 0.193. The average Bonchev–Trinajstić information content (AvgIpc) is 2.58. The van der Waals surface area contributed by atoms with Crippen molar-refractivity contribution in [3.8, 4) is 0 Å². The maximum Gasteiger partial charge on any atom is 0.312 e. The maximum atomic E-state index is 12.7. The first-order chi connectivity index (χ1) is 12.6. The first-order valence-electron chi connectivity index (χ1n) is 9.63. The molecule has 0 aliphatic rings. The lowest BCUT2D eigenvalue weighted by molar-refractivity contribution is -0.168. The molecule has 0 heterocycles. The fraction of sp³-hybridized carbons (Fsp3) is 0.857. The second-order valence-electron chi connectivity index (χ2n) is 9.38. The summed E-state index contributed by atoms with van der Waals surface area (Å²) < 4.78 is 15.4. The van der Waals surface area contributed by atoms with Crippen molar-refractivity contribution < 1.29 is 28.6 Å². The molecule has 0 amide bonds. The maximum absolute atomic E-state index is 12.7. The molecule has 0 spiro atoms. The van der Waals surface area contributed by atoms with Crippen molar-refractivity contribution in [1.29, 1.82) is 0 Å². The van der Waals surface area contributed by atoms with E-state index in [-0.39, 0.29) is 25.4 Å². The van der Waals surface area contributed by atoms with Crippen LogP contribution < -0.4 is 0 Å². The molecule has 3 atom stereocenters. The number of esters is 3. The van der Waals surface area contributed by atoms with E-state index in [2.05, 4.69) is 0 Å². The van der Waals surface area contributed by atoms with Gasteiger partial charge in [-0.05, 0) is 46.2 Å². The molecule has 0 aromatic carbocycles. The van der Waals surface area contributed by atoms with E-state index in [1.807, 2.05) is 39.8 Å². The lowest BCUT2D eigenvalue weighted by Gasteiger charge is -2.44. The van der Waals surface area contributed by atoms with Crippen molar-refractivity contribution >= 4 is 17.9 Å². The monoisotopic (exact) mass is 401 g/mol. The predicted octanol–water partition coefficient (Wildman–Crippen LogP) is 2.91. The molecular weight excluding hydrogens is 362 g/mol. The molecule has 3 unspecified atom stereocenters.